The molecule has 0 aliphatic carbocycles. The summed E-state index contributed by atoms with van der Waals surface area (Å²) in [5.41, 5.74) is 1.39. The van der Waals surface area contributed by atoms with Crippen molar-refractivity contribution in [1.82, 2.24) is 4.90 Å². The average Bonchev–Trinajstić information content (AvgIpc) is 3.05. The first-order chi connectivity index (χ1) is 13.9. The molecule has 0 unspecified atom stereocenters. The van der Waals surface area contributed by atoms with Gasteiger partial charge in [-0.05, 0) is 42.8 Å². The molecule has 2 aromatic carbocycles. The lowest BCUT2D eigenvalue weighted by Crippen LogP contribution is -2.41. The van der Waals surface area contributed by atoms with Gasteiger partial charge in [-0.3, -0.25) is 10.1 Å². The fraction of sp³-hybridized carbons (Fsp3) is 0.300. The maximum Gasteiger partial charge on any atom is 0.411 e. The van der Waals surface area contributed by atoms with Gasteiger partial charge in [-0.25, -0.2) is 4.79 Å². The van der Waals surface area contributed by atoms with Crippen molar-refractivity contribution < 1.29 is 14.3 Å². The summed E-state index contributed by atoms with van der Waals surface area (Å²) in [6, 6.07) is 11.7. The van der Waals surface area contributed by atoms with E-state index < -0.39 is 6.09 Å². The topological polar surface area (TPSA) is 58.6 Å². The van der Waals surface area contributed by atoms with Gasteiger partial charge in [0.25, 0.3) is 0 Å². The third-order valence-corrected chi connectivity index (χ3v) is 6.52. The first kappa shape index (κ1) is 22.1. The molecule has 2 atom stereocenters. The van der Waals surface area contributed by atoms with Gasteiger partial charge in [0.05, 0.1) is 11.8 Å². The molecule has 0 saturated carbocycles. The van der Waals surface area contributed by atoms with Crippen LogP contribution >= 0.6 is 46.6 Å². The van der Waals surface area contributed by atoms with Crippen molar-refractivity contribution >= 4 is 64.3 Å². The minimum absolute atomic E-state index is 0.0143. The number of rotatable bonds is 6. The third kappa shape index (κ3) is 5.51. The predicted molar refractivity (Wildman–Crippen MR) is 119 cm³/mol. The molecule has 154 valence electrons. The van der Waals surface area contributed by atoms with Gasteiger partial charge in [-0.2, -0.15) is 0 Å². The molecule has 2 aromatic rings. The van der Waals surface area contributed by atoms with Crippen LogP contribution in [-0.2, 0) is 9.53 Å². The lowest BCUT2D eigenvalue weighted by Gasteiger charge is -2.32. The molecule has 3 rings (SSSR count). The van der Waals surface area contributed by atoms with Crippen LogP contribution in [0, 0.1) is 0 Å². The van der Waals surface area contributed by atoms with Crippen LogP contribution in [0.2, 0.25) is 15.1 Å². The van der Waals surface area contributed by atoms with E-state index in [0.29, 0.717) is 32.9 Å². The number of ether oxygens (including phenoxy) is 1. The van der Waals surface area contributed by atoms with Crippen LogP contribution in [0.15, 0.2) is 42.5 Å². The molecule has 5 nitrogen and oxygen atoms in total. The van der Waals surface area contributed by atoms with Gasteiger partial charge >= 0.3 is 6.09 Å². The Balaban J connectivity index is 1.67. The minimum atomic E-state index is -0.592. The van der Waals surface area contributed by atoms with Crippen molar-refractivity contribution in [2.45, 2.75) is 24.8 Å². The van der Waals surface area contributed by atoms with Gasteiger partial charge in [0, 0.05) is 26.3 Å². The Kier molecular flexibility index (Phi) is 7.57. The van der Waals surface area contributed by atoms with Crippen molar-refractivity contribution in [3.63, 3.8) is 0 Å². The number of nitrogens with one attached hydrogen (secondary N) is 1. The first-order valence-electron chi connectivity index (χ1n) is 8.96. The number of carbonyl (C=O) groups excluding carboxylic acids is 2. The fourth-order valence-electron chi connectivity index (χ4n) is 3.03. The number of benzene rings is 2. The molecular formula is C20H19Cl3N2O3S. The standard InChI is InChI=1S/C20H19Cl3N2O3S/c1-2-15(10-28-20(27)24-14-6-3-12(21)4-7-14)25-18(26)11-29-19(25)16-8-5-13(22)9-17(16)23/h3-9,15,19H,2,10-11H2,1H3,(H,24,27)/t15-,19-/m1/s1. The Hall–Kier alpha value is -1.60. The summed E-state index contributed by atoms with van der Waals surface area (Å²) >= 11 is 19.7. The number of halogens is 3. The highest BCUT2D eigenvalue weighted by molar-refractivity contribution is 8.00. The van der Waals surface area contributed by atoms with Crippen molar-refractivity contribution in [3.05, 3.63) is 63.1 Å². The summed E-state index contributed by atoms with van der Waals surface area (Å²) in [6.45, 7) is 2.02. The maximum absolute atomic E-state index is 12.6. The molecule has 2 amide bonds. The second-order valence-electron chi connectivity index (χ2n) is 6.42. The molecule has 1 saturated heterocycles. The van der Waals surface area contributed by atoms with E-state index in [2.05, 4.69) is 5.32 Å². The molecule has 0 spiro atoms. The van der Waals surface area contributed by atoms with Gasteiger partial charge in [-0.1, -0.05) is 47.8 Å². The molecule has 1 heterocycles. The number of nitrogens with zero attached hydrogens (tertiary/aromatic N) is 1. The molecule has 29 heavy (non-hydrogen) atoms. The molecule has 0 radical (unpaired) electrons. The van der Waals surface area contributed by atoms with Gasteiger partial charge < -0.3 is 9.64 Å². The Bertz CT molecular complexity index is 895. The highest BCUT2D eigenvalue weighted by Gasteiger charge is 2.38. The van der Waals surface area contributed by atoms with Crippen molar-refractivity contribution in [1.29, 1.82) is 0 Å². The number of amides is 2. The van der Waals surface area contributed by atoms with E-state index in [1.807, 2.05) is 13.0 Å². The van der Waals surface area contributed by atoms with Crippen LogP contribution in [-0.4, -0.2) is 35.3 Å². The molecule has 1 N–H and O–H groups in total. The quantitative estimate of drug-likeness (QED) is 0.539. The fourth-order valence-corrected chi connectivity index (χ4v) is 5.01. The number of thioether (sulfide) groups is 1. The number of hydrogen-bond donors (Lipinski definition) is 1. The van der Waals surface area contributed by atoms with Crippen molar-refractivity contribution in [2.24, 2.45) is 0 Å². The highest BCUT2D eigenvalue weighted by atomic mass is 35.5. The first-order valence-corrected chi connectivity index (χ1v) is 11.1. The molecule has 1 aliphatic rings. The molecule has 0 aromatic heterocycles. The van der Waals surface area contributed by atoms with Crippen LogP contribution in [0.4, 0.5) is 10.5 Å². The lowest BCUT2D eigenvalue weighted by molar-refractivity contribution is -0.131. The van der Waals surface area contributed by atoms with Crippen LogP contribution in [0.1, 0.15) is 24.3 Å². The summed E-state index contributed by atoms with van der Waals surface area (Å²) in [5.74, 6) is 0.330. The van der Waals surface area contributed by atoms with Crippen LogP contribution in [0.3, 0.4) is 0 Å². The largest absolute Gasteiger partial charge is 0.447 e. The van der Waals surface area contributed by atoms with Gasteiger partial charge in [0.2, 0.25) is 5.91 Å². The number of hydrogen-bond acceptors (Lipinski definition) is 4. The van der Waals surface area contributed by atoms with Gasteiger partial charge in [0.15, 0.2) is 0 Å². The van der Waals surface area contributed by atoms with E-state index in [-0.39, 0.29) is 23.9 Å². The second kappa shape index (κ2) is 9.94. The maximum atomic E-state index is 12.6. The summed E-state index contributed by atoms with van der Waals surface area (Å²) in [4.78, 5) is 26.5. The molecular weight excluding hydrogens is 455 g/mol. The lowest BCUT2D eigenvalue weighted by atomic mass is 10.1. The minimum Gasteiger partial charge on any atom is -0.447 e. The second-order valence-corrected chi connectivity index (χ2v) is 8.77. The van der Waals surface area contributed by atoms with E-state index in [1.54, 1.807) is 41.3 Å². The van der Waals surface area contributed by atoms with E-state index >= 15 is 0 Å². The zero-order valence-electron chi connectivity index (χ0n) is 15.5. The van der Waals surface area contributed by atoms with Crippen LogP contribution in [0.5, 0.6) is 0 Å². The predicted octanol–water partition coefficient (Wildman–Crippen LogP) is 6.25. The number of anilines is 1. The molecule has 9 heteroatoms. The highest BCUT2D eigenvalue weighted by Crippen LogP contribution is 2.43. The van der Waals surface area contributed by atoms with Crippen molar-refractivity contribution in [3.8, 4) is 0 Å². The molecule has 0 bridgehead atoms. The Morgan fingerprint density at radius 1 is 1.21 bits per heavy atom. The zero-order valence-corrected chi connectivity index (χ0v) is 18.6. The average molecular weight is 474 g/mol. The van der Waals surface area contributed by atoms with Crippen molar-refractivity contribution in [2.75, 3.05) is 17.7 Å². The summed E-state index contributed by atoms with van der Waals surface area (Å²) in [7, 11) is 0. The van der Waals surface area contributed by atoms with E-state index in [1.165, 1.54) is 11.8 Å². The SMILES string of the molecule is CC[C@H](COC(=O)Nc1ccc(Cl)cc1)N1C(=O)CS[C@@H]1c1ccc(Cl)cc1Cl. The summed E-state index contributed by atoms with van der Waals surface area (Å²) in [6.07, 6.45) is 0.0357. The van der Waals surface area contributed by atoms with Gasteiger partial charge in [0.1, 0.15) is 12.0 Å². The Labute approximate surface area is 188 Å². The molecule has 1 fully saturated rings. The number of carbonyl (C=O) groups is 2. The monoisotopic (exact) mass is 472 g/mol. The van der Waals surface area contributed by atoms with Crippen LogP contribution < -0.4 is 5.32 Å². The van der Waals surface area contributed by atoms with E-state index in [0.717, 1.165) is 5.56 Å². The normalized spacial score (nSPS) is 17.3. The molecule has 1 aliphatic heterocycles. The Morgan fingerprint density at radius 3 is 2.55 bits per heavy atom. The summed E-state index contributed by atoms with van der Waals surface area (Å²) < 4.78 is 5.38. The van der Waals surface area contributed by atoms with Gasteiger partial charge in [-0.15, -0.1) is 11.8 Å². The van der Waals surface area contributed by atoms with Crippen LogP contribution in [0.25, 0.3) is 0 Å². The smallest absolute Gasteiger partial charge is 0.411 e. The van der Waals surface area contributed by atoms with E-state index in [9.17, 15) is 9.59 Å². The third-order valence-electron chi connectivity index (χ3n) is 4.50. The Morgan fingerprint density at radius 2 is 1.90 bits per heavy atom. The van der Waals surface area contributed by atoms with E-state index in [4.69, 9.17) is 39.5 Å². The summed E-state index contributed by atoms with van der Waals surface area (Å²) in [5, 5.41) is 4.01. The zero-order chi connectivity index (χ0) is 21.0.